The molecule has 1 saturated carbocycles. The van der Waals surface area contributed by atoms with Gasteiger partial charge in [-0.15, -0.1) is 0 Å². The molecule has 1 unspecified atom stereocenters. The highest BCUT2D eigenvalue weighted by molar-refractivity contribution is 7.86. The van der Waals surface area contributed by atoms with Crippen LogP contribution in [0.4, 0.5) is 5.82 Å². The van der Waals surface area contributed by atoms with Crippen molar-refractivity contribution in [3.05, 3.63) is 26.4 Å². The lowest BCUT2D eigenvalue weighted by Crippen LogP contribution is -2.57. The predicted molar refractivity (Wildman–Crippen MR) is 122 cm³/mol. The highest BCUT2D eigenvalue weighted by Gasteiger charge is 2.37. The van der Waals surface area contributed by atoms with Gasteiger partial charge in [-0.25, -0.2) is 4.79 Å². The van der Waals surface area contributed by atoms with E-state index in [9.17, 15) is 22.8 Å². The Kier molecular flexibility index (Phi) is 7.28. The van der Waals surface area contributed by atoms with E-state index in [2.05, 4.69) is 0 Å². The van der Waals surface area contributed by atoms with Crippen molar-refractivity contribution in [2.45, 2.75) is 51.1 Å². The van der Waals surface area contributed by atoms with Crippen LogP contribution in [0.2, 0.25) is 0 Å². The Morgan fingerprint density at radius 3 is 2.16 bits per heavy atom. The van der Waals surface area contributed by atoms with Crippen LogP contribution in [0.3, 0.4) is 0 Å². The van der Waals surface area contributed by atoms with Crippen molar-refractivity contribution in [3.8, 4) is 0 Å². The largest absolute Gasteiger partial charge is 0.384 e. The molecule has 2 heterocycles. The van der Waals surface area contributed by atoms with E-state index in [0.29, 0.717) is 13.1 Å². The lowest BCUT2D eigenvalue weighted by atomic mass is 9.96. The van der Waals surface area contributed by atoms with Gasteiger partial charge >= 0.3 is 5.69 Å². The Morgan fingerprint density at radius 1 is 1.03 bits per heavy atom. The minimum atomic E-state index is -3.57. The molecule has 2 fully saturated rings. The van der Waals surface area contributed by atoms with Crippen molar-refractivity contribution >= 4 is 21.8 Å². The van der Waals surface area contributed by atoms with E-state index in [1.54, 1.807) is 14.0 Å². The number of nitrogens with zero attached hydrogens (tertiary/aromatic N) is 5. The van der Waals surface area contributed by atoms with Crippen molar-refractivity contribution in [2.24, 2.45) is 14.1 Å². The number of hydrogen-bond donors (Lipinski definition) is 1. The first kappa shape index (κ1) is 24.6. The summed E-state index contributed by atoms with van der Waals surface area (Å²) in [5.74, 6) is -0.639. The fourth-order valence-corrected chi connectivity index (χ4v) is 6.18. The highest BCUT2D eigenvalue weighted by Crippen LogP contribution is 2.25. The summed E-state index contributed by atoms with van der Waals surface area (Å²) < 4.78 is 31.1. The van der Waals surface area contributed by atoms with Crippen LogP contribution in [0.15, 0.2) is 9.59 Å². The van der Waals surface area contributed by atoms with Crippen LogP contribution in [0.1, 0.15) is 49.4 Å². The Morgan fingerprint density at radius 2 is 1.59 bits per heavy atom. The third-order valence-electron chi connectivity index (χ3n) is 6.94. The number of carbonyl (C=O) groups is 1. The van der Waals surface area contributed by atoms with Crippen molar-refractivity contribution in [2.75, 3.05) is 39.0 Å². The van der Waals surface area contributed by atoms with E-state index < -0.39 is 33.3 Å². The second-order valence-electron chi connectivity index (χ2n) is 8.76. The van der Waals surface area contributed by atoms with Gasteiger partial charge in [-0.3, -0.25) is 23.6 Å². The Bertz CT molecular complexity index is 1080. The Balaban J connectivity index is 1.71. The van der Waals surface area contributed by atoms with Crippen molar-refractivity contribution < 1.29 is 13.2 Å². The standard InChI is InChI=1S/C20H34N6O5S/c1-14(17(27)16-18(21)22(2)20(29)23(3)19(16)28)25-10-12-26(13-11-25)32(30,31)24(4)15-8-6-5-7-9-15/h14-15H,5-13,21H2,1-4H3. The van der Waals surface area contributed by atoms with Gasteiger partial charge in [0, 0.05) is 53.4 Å². The normalized spacial score (nSPS) is 20.5. The number of hydrogen-bond acceptors (Lipinski definition) is 7. The van der Waals surface area contributed by atoms with Gasteiger partial charge in [0.25, 0.3) is 15.8 Å². The molecule has 0 spiro atoms. The summed E-state index contributed by atoms with van der Waals surface area (Å²) in [4.78, 5) is 39.5. The van der Waals surface area contributed by atoms with Crippen molar-refractivity contribution in [3.63, 3.8) is 0 Å². The molecule has 1 aromatic rings. The molecule has 32 heavy (non-hydrogen) atoms. The van der Waals surface area contributed by atoms with Gasteiger partial charge in [-0.2, -0.15) is 17.0 Å². The zero-order chi connectivity index (χ0) is 23.8. The molecule has 1 atom stereocenters. The van der Waals surface area contributed by atoms with Crippen molar-refractivity contribution in [1.29, 1.82) is 0 Å². The highest BCUT2D eigenvalue weighted by atomic mass is 32.2. The predicted octanol–water partition coefficient (Wildman–Crippen LogP) is -0.636. The summed E-state index contributed by atoms with van der Waals surface area (Å²) in [5, 5.41) is 0. The zero-order valence-electron chi connectivity index (χ0n) is 19.3. The van der Waals surface area contributed by atoms with Gasteiger partial charge in [0.2, 0.25) is 0 Å². The quantitative estimate of drug-likeness (QED) is 0.547. The molecule has 0 radical (unpaired) electrons. The number of nitrogen functional groups attached to an aromatic ring is 1. The molecule has 1 aliphatic carbocycles. The van der Waals surface area contributed by atoms with Gasteiger partial charge in [0.1, 0.15) is 11.4 Å². The van der Waals surface area contributed by atoms with Crippen LogP contribution < -0.4 is 17.0 Å². The van der Waals surface area contributed by atoms with Gasteiger partial charge in [0.15, 0.2) is 5.78 Å². The fraction of sp³-hybridized carbons (Fsp3) is 0.750. The maximum Gasteiger partial charge on any atom is 0.332 e. The average molecular weight is 471 g/mol. The molecule has 1 aromatic heterocycles. The number of Topliss-reactive ketones (excluding diaryl/α,β-unsaturated/α-hetero) is 1. The molecule has 0 amide bonds. The van der Waals surface area contributed by atoms with Gasteiger partial charge in [-0.1, -0.05) is 19.3 Å². The van der Waals surface area contributed by atoms with Crippen LogP contribution in [0.25, 0.3) is 0 Å². The summed E-state index contributed by atoms with van der Waals surface area (Å²) in [5.41, 5.74) is 4.38. The molecule has 3 rings (SSSR count). The van der Waals surface area contributed by atoms with Crippen LogP contribution in [-0.2, 0) is 24.3 Å². The SMILES string of the molecule is CC(C(=O)c1c(N)n(C)c(=O)n(C)c1=O)N1CCN(S(=O)(=O)N(C)C2CCCCC2)CC1. The second-order valence-corrected chi connectivity index (χ2v) is 10.7. The summed E-state index contributed by atoms with van der Waals surface area (Å²) in [6.45, 7) is 2.91. The van der Waals surface area contributed by atoms with Crippen LogP contribution in [0.5, 0.6) is 0 Å². The van der Waals surface area contributed by atoms with E-state index >= 15 is 0 Å². The lowest BCUT2D eigenvalue weighted by molar-refractivity contribution is 0.0774. The second kappa shape index (κ2) is 9.46. The molecular weight excluding hydrogens is 436 g/mol. The smallest absolute Gasteiger partial charge is 0.332 e. The monoisotopic (exact) mass is 470 g/mol. The Labute approximate surface area is 188 Å². The number of rotatable bonds is 6. The van der Waals surface area contributed by atoms with Gasteiger partial charge < -0.3 is 5.73 Å². The Hall–Kier alpha value is -2.02. The molecule has 2 aliphatic rings. The van der Waals surface area contributed by atoms with E-state index in [0.717, 1.165) is 41.2 Å². The minimum absolute atomic E-state index is 0.0381. The van der Waals surface area contributed by atoms with Gasteiger partial charge in [0.05, 0.1) is 6.04 Å². The topological polar surface area (TPSA) is 131 Å². The summed E-state index contributed by atoms with van der Waals surface area (Å²) >= 11 is 0. The first-order valence-corrected chi connectivity index (χ1v) is 12.4. The fourth-order valence-electron chi connectivity index (χ4n) is 4.60. The molecule has 180 valence electrons. The van der Waals surface area contributed by atoms with Gasteiger partial charge in [-0.05, 0) is 19.8 Å². The number of nitrogens with two attached hydrogens (primary N) is 1. The van der Waals surface area contributed by atoms with E-state index in [4.69, 9.17) is 5.73 Å². The number of ketones is 1. The first-order chi connectivity index (χ1) is 15.0. The molecular formula is C20H34N6O5S. The average Bonchev–Trinajstić information content (AvgIpc) is 2.81. The molecule has 1 aliphatic heterocycles. The van der Waals surface area contributed by atoms with E-state index in [1.807, 2.05) is 4.90 Å². The van der Waals surface area contributed by atoms with Crippen molar-refractivity contribution in [1.82, 2.24) is 22.6 Å². The number of carbonyl (C=O) groups excluding carboxylic acids is 1. The van der Waals surface area contributed by atoms with Crippen LogP contribution in [-0.4, -0.2) is 82.2 Å². The van der Waals surface area contributed by atoms with Crippen LogP contribution in [0, 0.1) is 0 Å². The molecule has 11 nitrogen and oxygen atoms in total. The minimum Gasteiger partial charge on any atom is -0.384 e. The van der Waals surface area contributed by atoms with E-state index in [1.165, 1.54) is 22.7 Å². The summed E-state index contributed by atoms with van der Waals surface area (Å²) in [7, 11) is 0.797. The lowest BCUT2D eigenvalue weighted by Gasteiger charge is -2.40. The maximum absolute atomic E-state index is 13.1. The zero-order valence-corrected chi connectivity index (χ0v) is 20.1. The number of anilines is 1. The maximum atomic E-state index is 13.1. The third kappa shape index (κ3) is 4.41. The molecule has 0 bridgehead atoms. The first-order valence-electron chi connectivity index (χ1n) is 11.0. The molecule has 12 heteroatoms. The number of aromatic nitrogens is 2. The van der Waals surface area contributed by atoms with E-state index in [-0.39, 0.29) is 30.5 Å². The molecule has 1 saturated heterocycles. The van der Waals surface area contributed by atoms with Crippen LogP contribution >= 0.6 is 0 Å². The molecule has 2 N–H and O–H groups in total. The third-order valence-corrected chi connectivity index (χ3v) is 8.98. The summed E-state index contributed by atoms with van der Waals surface area (Å²) in [6, 6.07) is -0.639. The summed E-state index contributed by atoms with van der Waals surface area (Å²) in [6.07, 6.45) is 5.02. The number of piperazine rings is 1. The molecule has 0 aromatic carbocycles.